The minimum atomic E-state index is -0.140. The fraction of sp³-hybridized carbons (Fsp3) is 0.238. The van der Waals surface area contributed by atoms with Crippen LogP contribution in [0.2, 0.25) is 0 Å². The molecule has 2 aromatic carbocycles. The van der Waals surface area contributed by atoms with Crippen LogP contribution in [0.5, 0.6) is 0 Å². The van der Waals surface area contributed by atoms with E-state index in [4.69, 9.17) is 0 Å². The first-order valence-electron chi connectivity index (χ1n) is 8.59. The summed E-state index contributed by atoms with van der Waals surface area (Å²) in [5.74, 6) is 0.189. The molecule has 4 rings (SSSR count). The predicted molar refractivity (Wildman–Crippen MR) is 103 cm³/mol. The van der Waals surface area contributed by atoms with Gasteiger partial charge in [0.15, 0.2) is 0 Å². The standard InChI is InChI=1S/C21H20N2OS/c1-15(25-20-11-10-17-7-4-5-9-19(17)22-20)21(24)23-13-12-16-6-2-3-8-18(16)14-23/h2-11,15H,12-14H2,1H3/t15-/m0/s1. The Balaban J connectivity index is 1.47. The van der Waals surface area contributed by atoms with Crippen LogP contribution in [0.15, 0.2) is 65.7 Å². The van der Waals surface area contributed by atoms with E-state index in [0.717, 1.165) is 28.9 Å². The molecule has 3 aromatic rings. The maximum Gasteiger partial charge on any atom is 0.236 e. The van der Waals surface area contributed by atoms with Gasteiger partial charge in [0.1, 0.15) is 0 Å². The van der Waals surface area contributed by atoms with Crippen molar-refractivity contribution in [1.29, 1.82) is 0 Å². The first-order valence-corrected chi connectivity index (χ1v) is 9.47. The summed E-state index contributed by atoms with van der Waals surface area (Å²) in [6.07, 6.45) is 0.938. The zero-order valence-electron chi connectivity index (χ0n) is 14.2. The number of carbonyl (C=O) groups is 1. The Morgan fingerprint density at radius 3 is 2.68 bits per heavy atom. The molecule has 0 saturated carbocycles. The topological polar surface area (TPSA) is 33.2 Å². The second-order valence-corrected chi connectivity index (χ2v) is 7.74. The minimum Gasteiger partial charge on any atom is -0.337 e. The number of benzene rings is 2. The van der Waals surface area contributed by atoms with Crippen LogP contribution >= 0.6 is 11.8 Å². The summed E-state index contributed by atoms with van der Waals surface area (Å²) in [5, 5.41) is 1.88. The van der Waals surface area contributed by atoms with E-state index in [0.29, 0.717) is 6.54 Å². The maximum absolute atomic E-state index is 12.9. The summed E-state index contributed by atoms with van der Waals surface area (Å²) in [7, 11) is 0. The van der Waals surface area contributed by atoms with Crippen LogP contribution < -0.4 is 0 Å². The van der Waals surface area contributed by atoms with Crippen molar-refractivity contribution in [2.75, 3.05) is 6.54 Å². The predicted octanol–water partition coefficient (Wildman–Crippen LogP) is 4.30. The van der Waals surface area contributed by atoms with Crippen LogP contribution in [0.4, 0.5) is 0 Å². The molecule has 0 unspecified atom stereocenters. The van der Waals surface area contributed by atoms with Crippen LogP contribution in [0.25, 0.3) is 10.9 Å². The summed E-state index contributed by atoms with van der Waals surface area (Å²) in [4.78, 5) is 19.5. The SMILES string of the molecule is C[C@H](Sc1ccc2ccccc2n1)C(=O)N1CCc2ccccc2C1. The number of pyridine rings is 1. The van der Waals surface area contributed by atoms with Gasteiger partial charge >= 0.3 is 0 Å². The second kappa shape index (κ2) is 6.89. The molecule has 0 radical (unpaired) electrons. The number of hydrogen-bond acceptors (Lipinski definition) is 3. The Morgan fingerprint density at radius 1 is 1.04 bits per heavy atom. The highest BCUT2D eigenvalue weighted by Gasteiger charge is 2.25. The van der Waals surface area contributed by atoms with Crippen molar-refractivity contribution >= 4 is 28.6 Å². The van der Waals surface area contributed by atoms with Crippen LogP contribution in [-0.2, 0) is 17.8 Å². The largest absolute Gasteiger partial charge is 0.337 e. The normalized spacial score (nSPS) is 15.0. The van der Waals surface area contributed by atoms with Gasteiger partial charge in [-0.2, -0.15) is 0 Å². The fourth-order valence-electron chi connectivity index (χ4n) is 3.29. The average molecular weight is 348 g/mol. The van der Waals surface area contributed by atoms with Gasteiger partial charge in [-0.1, -0.05) is 60.3 Å². The van der Waals surface area contributed by atoms with E-state index in [1.54, 1.807) is 0 Å². The van der Waals surface area contributed by atoms with E-state index >= 15 is 0 Å². The third kappa shape index (κ3) is 3.40. The third-order valence-electron chi connectivity index (χ3n) is 4.66. The molecular formula is C21H20N2OS. The first kappa shape index (κ1) is 16.2. The second-order valence-electron chi connectivity index (χ2n) is 6.38. The number of para-hydroxylation sites is 1. The molecule has 126 valence electrons. The Hall–Kier alpha value is -2.33. The number of thioether (sulfide) groups is 1. The lowest BCUT2D eigenvalue weighted by molar-refractivity contribution is -0.131. The molecule has 2 heterocycles. The van der Waals surface area contributed by atoms with Crippen LogP contribution in [0, 0.1) is 0 Å². The molecule has 0 N–H and O–H groups in total. The molecule has 0 aliphatic carbocycles. The molecule has 0 fully saturated rings. The molecule has 3 nitrogen and oxygen atoms in total. The van der Waals surface area contributed by atoms with Crippen molar-refractivity contribution in [2.24, 2.45) is 0 Å². The molecule has 1 atom stereocenters. The molecule has 0 saturated heterocycles. The summed E-state index contributed by atoms with van der Waals surface area (Å²) in [5.41, 5.74) is 3.60. The fourth-order valence-corrected chi connectivity index (χ4v) is 4.20. The molecule has 1 aromatic heterocycles. The maximum atomic E-state index is 12.9. The van der Waals surface area contributed by atoms with Gasteiger partial charge in [0.05, 0.1) is 15.8 Å². The smallest absolute Gasteiger partial charge is 0.236 e. The number of hydrogen-bond donors (Lipinski definition) is 0. The highest BCUT2D eigenvalue weighted by atomic mass is 32.2. The van der Waals surface area contributed by atoms with Crippen LogP contribution in [-0.4, -0.2) is 27.6 Å². The van der Waals surface area contributed by atoms with E-state index in [2.05, 4.69) is 35.3 Å². The van der Waals surface area contributed by atoms with Crippen molar-refractivity contribution < 1.29 is 4.79 Å². The van der Waals surface area contributed by atoms with Crippen molar-refractivity contribution in [3.05, 3.63) is 71.8 Å². The van der Waals surface area contributed by atoms with Crippen molar-refractivity contribution in [3.63, 3.8) is 0 Å². The molecular weight excluding hydrogens is 328 g/mol. The van der Waals surface area contributed by atoms with Gasteiger partial charge in [-0.3, -0.25) is 4.79 Å². The van der Waals surface area contributed by atoms with Gasteiger partial charge in [0, 0.05) is 18.5 Å². The third-order valence-corrected chi connectivity index (χ3v) is 5.68. The average Bonchev–Trinajstić information content (AvgIpc) is 2.67. The van der Waals surface area contributed by atoms with E-state index in [-0.39, 0.29) is 11.2 Å². The number of carbonyl (C=O) groups excluding carboxylic acids is 1. The summed E-state index contributed by atoms with van der Waals surface area (Å²) in [6.45, 7) is 3.49. The zero-order valence-corrected chi connectivity index (χ0v) is 15.0. The van der Waals surface area contributed by atoms with Gasteiger partial charge in [0.2, 0.25) is 5.91 Å². The molecule has 1 aliphatic rings. The monoisotopic (exact) mass is 348 g/mol. The summed E-state index contributed by atoms with van der Waals surface area (Å²) in [6, 6.07) is 20.5. The van der Waals surface area contributed by atoms with Crippen molar-refractivity contribution in [3.8, 4) is 0 Å². The molecule has 1 aliphatic heterocycles. The van der Waals surface area contributed by atoms with E-state index in [9.17, 15) is 4.79 Å². The minimum absolute atomic E-state index is 0.140. The lowest BCUT2D eigenvalue weighted by Crippen LogP contribution is -2.40. The number of rotatable bonds is 3. The van der Waals surface area contributed by atoms with Crippen LogP contribution in [0.3, 0.4) is 0 Å². The number of nitrogens with zero attached hydrogens (tertiary/aromatic N) is 2. The van der Waals surface area contributed by atoms with Gasteiger partial charge in [-0.25, -0.2) is 4.98 Å². The first-order chi connectivity index (χ1) is 12.2. The lowest BCUT2D eigenvalue weighted by atomic mass is 10.00. The lowest BCUT2D eigenvalue weighted by Gasteiger charge is -2.30. The molecule has 0 spiro atoms. The van der Waals surface area contributed by atoms with Gasteiger partial charge in [-0.15, -0.1) is 0 Å². The molecule has 1 amide bonds. The van der Waals surface area contributed by atoms with Crippen molar-refractivity contribution in [2.45, 2.75) is 30.2 Å². The van der Waals surface area contributed by atoms with Crippen LogP contribution in [0.1, 0.15) is 18.1 Å². The van der Waals surface area contributed by atoms with E-state index in [1.807, 2.05) is 42.2 Å². The number of aromatic nitrogens is 1. The highest BCUT2D eigenvalue weighted by Crippen LogP contribution is 2.27. The summed E-state index contributed by atoms with van der Waals surface area (Å²) >= 11 is 1.54. The van der Waals surface area contributed by atoms with Gasteiger partial charge < -0.3 is 4.90 Å². The van der Waals surface area contributed by atoms with E-state index in [1.165, 1.54) is 22.9 Å². The highest BCUT2D eigenvalue weighted by molar-refractivity contribution is 8.00. The zero-order chi connectivity index (χ0) is 17.2. The van der Waals surface area contributed by atoms with E-state index < -0.39 is 0 Å². The Bertz CT molecular complexity index is 924. The molecule has 0 bridgehead atoms. The Labute approximate surface area is 152 Å². The quantitative estimate of drug-likeness (QED) is 0.662. The number of fused-ring (bicyclic) bond motifs is 2. The molecule has 25 heavy (non-hydrogen) atoms. The molecule has 4 heteroatoms. The Kier molecular flexibility index (Phi) is 4.45. The van der Waals surface area contributed by atoms with Crippen molar-refractivity contribution in [1.82, 2.24) is 9.88 Å². The number of amides is 1. The summed E-state index contributed by atoms with van der Waals surface area (Å²) < 4.78 is 0. The van der Waals surface area contributed by atoms with Gasteiger partial charge in [-0.05, 0) is 36.6 Å². The Morgan fingerprint density at radius 2 is 1.80 bits per heavy atom. The van der Waals surface area contributed by atoms with Gasteiger partial charge in [0.25, 0.3) is 0 Å².